The van der Waals surface area contributed by atoms with Gasteiger partial charge in [0.25, 0.3) is 5.22 Å². The average molecular weight is 467 g/mol. The zero-order valence-electron chi connectivity index (χ0n) is 17.5. The molecular weight excluding hydrogens is 444 g/mol. The van der Waals surface area contributed by atoms with Crippen LogP contribution in [0.15, 0.2) is 36.0 Å². The first-order valence-electron chi connectivity index (χ1n) is 9.35. The van der Waals surface area contributed by atoms with Gasteiger partial charge in [-0.25, -0.2) is 9.20 Å². The number of guanidine groups is 1. The van der Waals surface area contributed by atoms with Crippen LogP contribution in [0.2, 0.25) is 0 Å². The summed E-state index contributed by atoms with van der Waals surface area (Å²) in [6.07, 6.45) is 3.37. The number of hydrogen-bond acceptors (Lipinski definition) is 11. The second-order valence-electron chi connectivity index (χ2n) is 6.84. The molecule has 0 spiro atoms. The molecule has 2 aliphatic heterocycles. The standard InChI is InChI=1S/C18H22N6O5S2/c1-27-12-9-11-14(10-13(12)28-2)31(4,26)22-17(19-11)24-7-5-23(6-8-24)16(25)15-20-21-18(29-15)30-3/h9-10H,5-8H2,1-4H3. The van der Waals surface area contributed by atoms with Crippen LogP contribution in [0.25, 0.3) is 0 Å². The molecule has 0 bridgehead atoms. The Hall–Kier alpha value is -2.80. The van der Waals surface area contributed by atoms with Crippen LogP contribution < -0.4 is 9.47 Å². The van der Waals surface area contributed by atoms with Crippen molar-refractivity contribution in [3.05, 3.63) is 18.0 Å². The summed E-state index contributed by atoms with van der Waals surface area (Å²) in [4.78, 5) is 21.2. The van der Waals surface area contributed by atoms with Crippen LogP contribution in [0.1, 0.15) is 10.7 Å². The van der Waals surface area contributed by atoms with Gasteiger partial charge in [-0.1, -0.05) is 11.8 Å². The van der Waals surface area contributed by atoms with Crippen LogP contribution in [-0.2, 0) is 9.73 Å². The largest absolute Gasteiger partial charge is 0.493 e. The SMILES string of the molecule is COc1cc2c(cc1OC)S(C)(=O)=NC(N1CCN(C(=O)c3nnc(SC)o3)CC1)=N2. The average Bonchev–Trinajstić information content (AvgIpc) is 3.26. The Bertz CT molecular complexity index is 1160. The number of amides is 1. The Morgan fingerprint density at radius 2 is 1.81 bits per heavy atom. The van der Waals surface area contributed by atoms with Gasteiger partial charge in [-0.15, -0.1) is 10.2 Å². The number of aliphatic imine (C=N–C) groups is 1. The lowest BCUT2D eigenvalue weighted by Crippen LogP contribution is -2.50. The zero-order chi connectivity index (χ0) is 22.2. The lowest BCUT2D eigenvalue weighted by Gasteiger charge is -2.35. The molecule has 1 atom stereocenters. The number of thioether (sulfide) groups is 1. The van der Waals surface area contributed by atoms with Crippen LogP contribution >= 0.6 is 11.8 Å². The van der Waals surface area contributed by atoms with Crippen molar-refractivity contribution in [1.82, 2.24) is 20.0 Å². The van der Waals surface area contributed by atoms with E-state index in [1.165, 1.54) is 26.0 Å². The minimum atomic E-state index is -2.72. The molecule has 13 heteroatoms. The van der Waals surface area contributed by atoms with Gasteiger partial charge in [0.2, 0.25) is 5.96 Å². The van der Waals surface area contributed by atoms with Gasteiger partial charge in [0.15, 0.2) is 11.5 Å². The van der Waals surface area contributed by atoms with Crippen molar-refractivity contribution >= 4 is 39.0 Å². The van der Waals surface area contributed by atoms with E-state index < -0.39 is 9.73 Å². The Kier molecular flexibility index (Phi) is 5.79. The topological polar surface area (TPSA) is 123 Å². The Labute approximate surface area is 184 Å². The van der Waals surface area contributed by atoms with E-state index in [4.69, 9.17) is 13.9 Å². The van der Waals surface area contributed by atoms with E-state index in [-0.39, 0.29) is 11.8 Å². The van der Waals surface area contributed by atoms with Crippen molar-refractivity contribution in [2.24, 2.45) is 9.36 Å². The van der Waals surface area contributed by atoms with Gasteiger partial charge < -0.3 is 23.7 Å². The summed E-state index contributed by atoms with van der Waals surface area (Å²) >= 11 is 1.28. The number of ether oxygens (including phenoxy) is 2. The van der Waals surface area contributed by atoms with Crippen molar-refractivity contribution in [2.75, 3.05) is 52.9 Å². The summed E-state index contributed by atoms with van der Waals surface area (Å²) in [5, 5.41) is 7.95. The Balaban J connectivity index is 1.54. The number of benzene rings is 1. The fourth-order valence-corrected chi connectivity index (χ4v) is 4.99. The highest BCUT2D eigenvalue weighted by atomic mass is 32.2. The number of nitrogens with zero attached hydrogens (tertiary/aromatic N) is 6. The van der Waals surface area contributed by atoms with Crippen LogP contribution in [0.3, 0.4) is 0 Å². The normalized spacial score (nSPS) is 20.6. The second kappa shape index (κ2) is 8.38. The smallest absolute Gasteiger partial charge is 0.311 e. The summed E-state index contributed by atoms with van der Waals surface area (Å²) < 4.78 is 33.7. The maximum absolute atomic E-state index is 13.3. The van der Waals surface area contributed by atoms with Crippen molar-refractivity contribution in [2.45, 2.75) is 10.1 Å². The van der Waals surface area contributed by atoms with Gasteiger partial charge in [-0.3, -0.25) is 4.79 Å². The van der Waals surface area contributed by atoms with E-state index in [2.05, 4.69) is 19.6 Å². The summed E-state index contributed by atoms with van der Waals surface area (Å²) in [7, 11) is 0.336. The number of fused-ring (bicyclic) bond motifs is 1. The molecule has 1 aromatic carbocycles. The fraction of sp³-hybridized carbons (Fsp3) is 0.444. The van der Waals surface area contributed by atoms with E-state index in [0.717, 1.165) is 0 Å². The number of piperazine rings is 1. The molecule has 1 unspecified atom stereocenters. The number of carbonyl (C=O) groups excluding carboxylic acids is 1. The van der Waals surface area contributed by atoms with Gasteiger partial charge in [0.1, 0.15) is 0 Å². The minimum Gasteiger partial charge on any atom is -0.493 e. The third kappa shape index (κ3) is 4.06. The molecule has 3 heterocycles. The van der Waals surface area contributed by atoms with Crippen LogP contribution in [-0.4, -0.2) is 89.0 Å². The number of methoxy groups -OCH3 is 2. The predicted molar refractivity (Wildman–Crippen MR) is 115 cm³/mol. The minimum absolute atomic E-state index is 0.0240. The van der Waals surface area contributed by atoms with E-state index in [9.17, 15) is 9.00 Å². The van der Waals surface area contributed by atoms with Gasteiger partial charge >= 0.3 is 11.8 Å². The molecule has 0 N–H and O–H groups in total. The lowest BCUT2D eigenvalue weighted by atomic mass is 10.2. The van der Waals surface area contributed by atoms with Gasteiger partial charge in [-0.05, 0) is 6.26 Å². The number of rotatable bonds is 4. The summed E-state index contributed by atoms with van der Waals surface area (Å²) in [6.45, 7) is 1.81. The maximum atomic E-state index is 13.3. The molecule has 11 nitrogen and oxygen atoms in total. The highest BCUT2D eigenvalue weighted by Crippen LogP contribution is 2.39. The monoisotopic (exact) mass is 466 g/mol. The van der Waals surface area contributed by atoms with E-state index in [0.29, 0.717) is 59.4 Å². The Morgan fingerprint density at radius 1 is 1.13 bits per heavy atom. The third-order valence-electron chi connectivity index (χ3n) is 4.96. The van der Waals surface area contributed by atoms with Crippen molar-refractivity contribution < 1.29 is 22.9 Å². The summed E-state index contributed by atoms with van der Waals surface area (Å²) in [5.74, 6) is 1.02. The van der Waals surface area contributed by atoms with E-state index >= 15 is 0 Å². The maximum Gasteiger partial charge on any atom is 0.311 e. The molecule has 0 radical (unpaired) electrons. The van der Waals surface area contributed by atoms with Crippen LogP contribution in [0.4, 0.5) is 5.69 Å². The first-order valence-corrected chi connectivity index (χ1v) is 12.5. The van der Waals surface area contributed by atoms with Crippen molar-refractivity contribution in [3.8, 4) is 11.5 Å². The van der Waals surface area contributed by atoms with Crippen LogP contribution in [0.5, 0.6) is 11.5 Å². The number of aromatic nitrogens is 2. The number of hydrogen-bond donors (Lipinski definition) is 0. The molecule has 1 saturated heterocycles. The van der Waals surface area contributed by atoms with E-state index in [1.807, 2.05) is 4.90 Å². The fourth-order valence-electron chi connectivity index (χ4n) is 3.33. The Morgan fingerprint density at radius 3 is 2.42 bits per heavy atom. The predicted octanol–water partition coefficient (Wildman–Crippen LogP) is 1.72. The second-order valence-corrected chi connectivity index (χ2v) is 9.82. The first kappa shape index (κ1) is 21.4. The third-order valence-corrected chi connectivity index (χ3v) is 7.13. The summed E-state index contributed by atoms with van der Waals surface area (Å²) in [5.41, 5.74) is 0.532. The van der Waals surface area contributed by atoms with Gasteiger partial charge in [0.05, 0.1) is 34.5 Å². The highest BCUT2D eigenvalue weighted by molar-refractivity contribution is 7.98. The molecule has 1 fully saturated rings. The molecule has 4 rings (SSSR count). The van der Waals surface area contributed by atoms with Crippen molar-refractivity contribution in [1.29, 1.82) is 0 Å². The molecule has 0 saturated carbocycles. The first-order chi connectivity index (χ1) is 14.9. The van der Waals surface area contributed by atoms with E-state index in [1.54, 1.807) is 29.5 Å². The summed E-state index contributed by atoms with van der Waals surface area (Å²) in [6, 6.07) is 3.36. The molecule has 1 amide bonds. The molecule has 0 aliphatic carbocycles. The zero-order valence-corrected chi connectivity index (χ0v) is 19.2. The molecule has 166 valence electrons. The molecule has 2 aromatic rings. The highest BCUT2D eigenvalue weighted by Gasteiger charge is 2.30. The quantitative estimate of drug-likeness (QED) is 0.620. The van der Waals surface area contributed by atoms with Gasteiger partial charge in [0, 0.05) is 44.6 Å². The lowest BCUT2D eigenvalue weighted by molar-refractivity contribution is 0.0646. The molecular formula is C18H22N6O5S2. The van der Waals surface area contributed by atoms with Gasteiger partial charge in [-0.2, -0.15) is 4.36 Å². The molecule has 2 aliphatic rings. The molecule has 1 aromatic heterocycles. The van der Waals surface area contributed by atoms with Crippen molar-refractivity contribution in [3.63, 3.8) is 0 Å². The number of carbonyl (C=O) groups is 1. The molecule has 31 heavy (non-hydrogen) atoms. The van der Waals surface area contributed by atoms with Crippen LogP contribution in [0, 0.1) is 0 Å².